The van der Waals surface area contributed by atoms with Crippen LogP contribution in [0.1, 0.15) is 46.9 Å². The number of aromatic nitrogens is 4. The fraction of sp³-hybridized carbons (Fsp3) is 0.364. The number of halogens is 3. The van der Waals surface area contributed by atoms with Crippen LogP contribution in [0.3, 0.4) is 0 Å². The SMILES string of the molecule is CN(C/C=C/C=O)C1CC1.Cc1c(-c2ccc(C(=O)Nc3cc(C(F)(F)F)ccn3)cc2)c2c(N)ncnc2n1C1CCN(C)C1. The number of pyridine rings is 1. The Hall–Kier alpha value is -4.62. The summed E-state index contributed by atoms with van der Waals surface area (Å²) in [6.45, 7) is 4.82. The van der Waals surface area contributed by atoms with Gasteiger partial charge in [0.25, 0.3) is 5.91 Å². The second-order valence-electron chi connectivity index (χ2n) is 11.7. The third-order valence-corrected chi connectivity index (χ3v) is 8.33. The van der Waals surface area contributed by atoms with Gasteiger partial charge in [0.2, 0.25) is 0 Å². The number of nitrogens with two attached hydrogens (primary N) is 1. The van der Waals surface area contributed by atoms with Crippen LogP contribution in [-0.4, -0.2) is 81.3 Å². The number of aldehydes is 1. The van der Waals surface area contributed by atoms with E-state index in [9.17, 15) is 22.8 Å². The smallest absolute Gasteiger partial charge is 0.383 e. The molecular weight excluding hydrogens is 597 g/mol. The van der Waals surface area contributed by atoms with Crippen molar-refractivity contribution in [3.05, 3.63) is 77.9 Å². The topological polar surface area (TPSA) is 122 Å². The Balaban J connectivity index is 0.000000356. The molecule has 242 valence electrons. The molecule has 4 heterocycles. The van der Waals surface area contributed by atoms with Crippen LogP contribution in [-0.2, 0) is 11.0 Å². The molecule has 0 bridgehead atoms. The first kappa shape index (κ1) is 32.8. The van der Waals surface area contributed by atoms with Crippen molar-refractivity contribution >= 4 is 34.9 Å². The van der Waals surface area contributed by atoms with Crippen molar-refractivity contribution in [1.82, 2.24) is 29.3 Å². The molecule has 2 aliphatic rings. The van der Waals surface area contributed by atoms with Gasteiger partial charge in [-0.1, -0.05) is 18.2 Å². The molecule has 2 fully saturated rings. The molecule has 4 aromatic rings. The predicted octanol–water partition coefficient (Wildman–Crippen LogP) is 5.37. The Kier molecular flexibility index (Phi) is 9.82. The third-order valence-electron chi connectivity index (χ3n) is 8.33. The highest BCUT2D eigenvalue weighted by atomic mass is 19.4. The second kappa shape index (κ2) is 13.8. The van der Waals surface area contributed by atoms with Gasteiger partial charge in [0.05, 0.1) is 10.9 Å². The number of amides is 1. The van der Waals surface area contributed by atoms with Crippen LogP contribution < -0.4 is 11.1 Å². The van der Waals surface area contributed by atoms with Crippen LogP contribution in [0.15, 0.2) is 61.1 Å². The van der Waals surface area contributed by atoms with Gasteiger partial charge in [-0.15, -0.1) is 0 Å². The first-order chi connectivity index (χ1) is 22.0. The van der Waals surface area contributed by atoms with Crippen molar-refractivity contribution in [2.24, 2.45) is 0 Å². The minimum absolute atomic E-state index is 0.177. The number of rotatable bonds is 8. The summed E-state index contributed by atoms with van der Waals surface area (Å²) in [7, 11) is 4.18. The third kappa shape index (κ3) is 7.43. The van der Waals surface area contributed by atoms with Gasteiger partial charge >= 0.3 is 6.18 Å². The average molecular weight is 635 g/mol. The number of allylic oxidation sites excluding steroid dienone is 1. The highest BCUT2D eigenvalue weighted by molar-refractivity contribution is 6.05. The molecule has 1 amide bonds. The summed E-state index contributed by atoms with van der Waals surface area (Å²) in [5.41, 5.74) is 9.17. The minimum atomic E-state index is -4.53. The van der Waals surface area contributed by atoms with E-state index in [2.05, 4.69) is 48.7 Å². The first-order valence-electron chi connectivity index (χ1n) is 15.0. The number of carbonyl (C=O) groups is 2. The normalized spacial score (nSPS) is 17.0. The lowest BCUT2D eigenvalue weighted by atomic mass is 10.0. The Morgan fingerprint density at radius 3 is 2.50 bits per heavy atom. The molecule has 1 saturated carbocycles. The van der Waals surface area contributed by atoms with Crippen molar-refractivity contribution < 1.29 is 22.8 Å². The molecule has 13 heteroatoms. The Labute approximate surface area is 265 Å². The van der Waals surface area contributed by atoms with Crippen LogP contribution in [0.25, 0.3) is 22.2 Å². The van der Waals surface area contributed by atoms with Gasteiger partial charge in [-0.2, -0.15) is 13.2 Å². The summed E-state index contributed by atoms with van der Waals surface area (Å²) >= 11 is 0. The maximum Gasteiger partial charge on any atom is 0.416 e. The van der Waals surface area contributed by atoms with Gasteiger partial charge in [-0.25, -0.2) is 15.0 Å². The van der Waals surface area contributed by atoms with E-state index in [0.717, 1.165) is 84.6 Å². The zero-order chi connectivity index (χ0) is 33.0. The molecule has 1 aliphatic carbocycles. The number of likely N-dealkylation sites (tertiary alicyclic amines) is 1. The van der Waals surface area contributed by atoms with E-state index in [0.29, 0.717) is 5.82 Å². The Morgan fingerprint density at radius 2 is 1.87 bits per heavy atom. The van der Waals surface area contributed by atoms with Gasteiger partial charge in [0, 0.05) is 48.2 Å². The molecule has 46 heavy (non-hydrogen) atoms. The molecule has 0 spiro atoms. The van der Waals surface area contributed by atoms with E-state index in [1.165, 1.54) is 19.2 Å². The van der Waals surface area contributed by atoms with E-state index in [-0.39, 0.29) is 17.4 Å². The fourth-order valence-corrected chi connectivity index (χ4v) is 5.79. The summed E-state index contributed by atoms with van der Waals surface area (Å²) in [5, 5.41) is 3.19. The largest absolute Gasteiger partial charge is 0.416 e. The maximum absolute atomic E-state index is 13.0. The number of fused-ring (bicyclic) bond motifs is 1. The van der Waals surface area contributed by atoms with Crippen molar-refractivity contribution in [3.63, 3.8) is 0 Å². The summed E-state index contributed by atoms with van der Waals surface area (Å²) in [6.07, 6.45) is 5.86. The van der Waals surface area contributed by atoms with Gasteiger partial charge in [-0.05, 0) is 82.7 Å². The average Bonchev–Trinajstić information content (AvgIpc) is 3.73. The van der Waals surface area contributed by atoms with Crippen LogP contribution >= 0.6 is 0 Å². The maximum atomic E-state index is 13.0. The Bertz CT molecular complexity index is 1730. The van der Waals surface area contributed by atoms with E-state index < -0.39 is 17.6 Å². The number of alkyl halides is 3. The lowest BCUT2D eigenvalue weighted by Gasteiger charge is -2.16. The second-order valence-corrected chi connectivity index (χ2v) is 11.7. The molecule has 3 aromatic heterocycles. The number of nitrogen functional groups attached to an aromatic ring is 1. The molecule has 1 saturated heterocycles. The number of hydrogen-bond donors (Lipinski definition) is 2. The lowest BCUT2D eigenvalue weighted by Crippen LogP contribution is -2.20. The number of nitrogens with one attached hydrogen (secondary N) is 1. The fourth-order valence-electron chi connectivity index (χ4n) is 5.79. The van der Waals surface area contributed by atoms with E-state index >= 15 is 0 Å². The minimum Gasteiger partial charge on any atom is -0.383 e. The molecule has 0 radical (unpaired) electrons. The molecule has 1 aliphatic heterocycles. The standard InChI is InChI=1S/C25H24F3N7O.C8H13NO/c1-14-20(21-22(29)31-13-32-23(21)35(14)18-8-10-34(2)12-18)15-3-5-16(6-4-15)24(36)33-19-11-17(7-9-30-19)25(26,27)28;1-9(8-4-5-8)6-2-3-7-10/h3-7,9,11,13,18H,8,10,12H2,1-2H3,(H2,29,31,32)(H,30,33,36);2-3,7-8H,4-6H2,1H3/b;3-2+. The lowest BCUT2D eigenvalue weighted by molar-refractivity contribution is -0.137. The van der Waals surface area contributed by atoms with Gasteiger partial charge in [0.1, 0.15) is 29.9 Å². The Morgan fingerprint density at radius 1 is 1.13 bits per heavy atom. The summed E-state index contributed by atoms with van der Waals surface area (Å²) < 4.78 is 41.1. The van der Waals surface area contributed by atoms with Crippen LogP contribution in [0.5, 0.6) is 0 Å². The number of hydrogen-bond acceptors (Lipinski definition) is 8. The number of carbonyl (C=O) groups excluding carboxylic acids is 2. The van der Waals surface area contributed by atoms with E-state index in [1.54, 1.807) is 30.3 Å². The predicted molar refractivity (Wildman–Crippen MR) is 171 cm³/mol. The van der Waals surface area contributed by atoms with Crippen LogP contribution in [0.4, 0.5) is 24.8 Å². The molecule has 6 rings (SSSR count). The first-order valence-corrected chi connectivity index (χ1v) is 15.0. The number of likely N-dealkylation sites (N-methyl/N-ethyl adjacent to an activating group) is 2. The van der Waals surface area contributed by atoms with Crippen molar-refractivity contribution in [1.29, 1.82) is 0 Å². The summed E-state index contributed by atoms with van der Waals surface area (Å²) in [6, 6.07) is 9.49. The summed E-state index contributed by atoms with van der Waals surface area (Å²) in [4.78, 5) is 39.6. The zero-order valence-electron chi connectivity index (χ0n) is 26.0. The van der Waals surface area contributed by atoms with Gasteiger partial charge in [-0.3, -0.25) is 14.5 Å². The van der Waals surface area contributed by atoms with E-state index in [1.807, 2.05) is 13.0 Å². The number of nitrogens with zero attached hydrogens (tertiary/aromatic N) is 6. The summed E-state index contributed by atoms with van der Waals surface area (Å²) in [5.74, 6) is -0.366. The van der Waals surface area contributed by atoms with E-state index in [4.69, 9.17) is 5.73 Å². The highest BCUT2D eigenvalue weighted by Gasteiger charge is 2.31. The molecule has 10 nitrogen and oxygen atoms in total. The van der Waals surface area contributed by atoms with Crippen molar-refractivity contribution in [2.75, 3.05) is 44.8 Å². The van der Waals surface area contributed by atoms with Crippen LogP contribution in [0, 0.1) is 6.92 Å². The quantitative estimate of drug-likeness (QED) is 0.196. The molecule has 3 N–H and O–H groups in total. The van der Waals surface area contributed by atoms with Crippen LogP contribution in [0.2, 0.25) is 0 Å². The number of anilines is 2. The van der Waals surface area contributed by atoms with Crippen molar-refractivity contribution in [3.8, 4) is 11.1 Å². The van der Waals surface area contributed by atoms with Crippen molar-refractivity contribution in [2.45, 2.75) is 44.4 Å². The molecule has 1 atom stereocenters. The zero-order valence-corrected chi connectivity index (χ0v) is 26.0. The molecular formula is C33H37F3N8O2. The number of benzene rings is 1. The molecule has 1 unspecified atom stereocenters. The monoisotopic (exact) mass is 634 g/mol. The van der Waals surface area contributed by atoms with Gasteiger partial charge < -0.3 is 20.5 Å². The molecule has 1 aromatic carbocycles. The highest BCUT2D eigenvalue weighted by Crippen LogP contribution is 2.39. The van der Waals surface area contributed by atoms with Gasteiger partial charge in [0.15, 0.2) is 0 Å².